The van der Waals surface area contributed by atoms with E-state index in [-0.39, 0.29) is 0 Å². The van der Waals surface area contributed by atoms with E-state index < -0.39 is 0 Å². The normalized spacial score (nSPS) is 33.9. The van der Waals surface area contributed by atoms with Gasteiger partial charge in [0.1, 0.15) is 0 Å². The Morgan fingerprint density at radius 1 is 1.35 bits per heavy atom. The largest absolute Gasteiger partial charge is 0.362 e. The minimum atomic E-state index is 0.674. The molecule has 98 valence electrons. The number of nitrogens with one attached hydrogen (secondary N) is 1. The van der Waals surface area contributed by atoms with Crippen LogP contribution in [0.15, 0.2) is 4.99 Å². The van der Waals surface area contributed by atoms with Gasteiger partial charge in [0.15, 0.2) is 5.17 Å². The first-order chi connectivity index (χ1) is 8.15. The first-order valence-corrected chi connectivity index (χ1v) is 8.00. The third-order valence-corrected chi connectivity index (χ3v) is 5.02. The number of hydrogen-bond donors (Lipinski definition) is 1. The molecule has 0 bridgehead atoms. The highest BCUT2D eigenvalue weighted by Crippen LogP contribution is 2.28. The molecule has 1 aliphatic heterocycles. The first kappa shape index (κ1) is 13.3. The van der Waals surface area contributed by atoms with E-state index >= 15 is 0 Å². The zero-order valence-corrected chi connectivity index (χ0v) is 12.2. The van der Waals surface area contributed by atoms with E-state index in [4.69, 9.17) is 0 Å². The fourth-order valence-corrected chi connectivity index (χ4v) is 4.15. The summed E-state index contributed by atoms with van der Waals surface area (Å²) >= 11 is 1.97. The van der Waals surface area contributed by atoms with Crippen molar-refractivity contribution in [3.05, 3.63) is 0 Å². The molecule has 1 fully saturated rings. The topological polar surface area (TPSA) is 24.4 Å². The Morgan fingerprint density at radius 2 is 2.12 bits per heavy atom. The molecule has 3 heteroatoms. The van der Waals surface area contributed by atoms with Crippen LogP contribution in [-0.2, 0) is 0 Å². The van der Waals surface area contributed by atoms with Gasteiger partial charge in [-0.25, -0.2) is 0 Å². The number of thioether (sulfide) groups is 1. The highest BCUT2D eigenvalue weighted by atomic mass is 32.2. The molecule has 3 atom stereocenters. The summed E-state index contributed by atoms with van der Waals surface area (Å²) in [7, 11) is 0. The molecule has 1 N–H and O–H groups in total. The zero-order chi connectivity index (χ0) is 12.3. The summed E-state index contributed by atoms with van der Waals surface area (Å²) in [5.41, 5.74) is 0. The summed E-state index contributed by atoms with van der Waals surface area (Å²) in [6.45, 7) is 8.00. The average Bonchev–Trinajstić information content (AvgIpc) is 2.68. The Labute approximate surface area is 110 Å². The summed E-state index contributed by atoms with van der Waals surface area (Å²) in [4.78, 5) is 4.67. The first-order valence-electron chi connectivity index (χ1n) is 7.12. The molecular formula is C14H26N2S. The Hall–Kier alpha value is -0.180. The van der Waals surface area contributed by atoms with Gasteiger partial charge in [0, 0.05) is 11.3 Å². The van der Waals surface area contributed by atoms with Crippen molar-refractivity contribution in [1.82, 2.24) is 5.32 Å². The molecule has 2 aliphatic rings. The molecule has 0 amide bonds. The second-order valence-corrected chi connectivity index (χ2v) is 7.32. The maximum Gasteiger partial charge on any atom is 0.157 e. The van der Waals surface area contributed by atoms with Crippen LogP contribution < -0.4 is 5.32 Å². The molecule has 3 unspecified atom stereocenters. The third-order valence-electron chi connectivity index (χ3n) is 3.87. The monoisotopic (exact) mass is 254 g/mol. The molecule has 1 aliphatic carbocycles. The maximum atomic E-state index is 4.67. The van der Waals surface area contributed by atoms with Crippen molar-refractivity contribution in [3.63, 3.8) is 0 Å². The van der Waals surface area contributed by atoms with Gasteiger partial charge in [-0.15, -0.1) is 0 Å². The van der Waals surface area contributed by atoms with Crippen LogP contribution in [0.5, 0.6) is 0 Å². The summed E-state index contributed by atoms with van der Waals surface area (Å²) in [5.74, 6) is 1.60. The van der Waals surface area contributed by atoms with Crippen LogP contribution in [-0.4, -0.2) is 23.0 Å². The van der Waals surface area contributed by atoms with Gasteiger partial charge in [-0.3, -0.25) is 4.99 Å². The number of aliphatic imine (C=N–C) groups is 1. The number of nitrogens with zero attached hydrogens (tertiary/aromatic N) is 1. The van der Waals surface area contributed by atoms with E-state index in [9.17, 15) is 0 Å². The summed E-state index contributed by atoms with van der Waals surface area (Å²) in [6, 6.07) is 0.674. The number of hydrogen-bond acceptors (Lipinski definition) is 3. The molecule has 0 aromatic carbocycles. The lowest BCUT2D eigenvalue weighted by Crippen LogP contribution is -2.39. The summed E-state index contributed by atoms with van der Waals surface area (Å²) in [6.07, 6.45) is 6.80. The molecule has 1 saturated carbocycles. The van der Waals surface area contributed by atoms with Crippen molar-refractivity contribution in [2.24, 2.45) is 16.8 Å². The van der Waals surface area contributed by atoms with Crippen molar-refractivity contribution in [1.29, 1.82) is 0 Å². The van der Waals surface area contributed by atoms with Crippen LogP contribution in [0.25, 0.3) is 0 Å². The fraction of sp³-hybridized carbons (Fsp3) is 0.929. The highest BCUT2D eigenvalue weighted by molar-refractivity contribution is 8.14. The average molecular weight is 254 g/mol. The molecule has 0 aromatic heterocycles. The van der Waals surface area contributed by atoms with Crippen LogP contribution in [0.2, 0.25) is 0 Å². The summed E-state index contributed by atoms with van der Waals surface area (Å²) < 4.78 is 0. The van der Waals surface area contributed by atoms with Crippen LogP contribution in [0.1, 0.15) is 52.9 Å². The maximum absolute atomic E-state index is 4.67. The Bertz CT molecular complexity index is 275. The Balaban J connectivity index is 1.76. The molecule has 0 saturated heterocycles. The van der Waals surface area contributed by atoms with Crippen molar-refractivity contribution < 1.29 is 0 Å². The zero-order valence-electron chi connectivity index (χ0n) is 11.4. The van der Waals surface area contributed by atoms with Crippen LogP contribution in [0.4, 0.5) is 0 Å². The molecule has 2 rings (SSSR count). The van der Waals surface area contributed by atoms with Gasteiger partial charge in [0.05, 0.1) is 6.54 Å². The molecule has 0 aromatic rings. The minimum absolute atomic E-state index is 0.674. The van der Waals surface area contributed by atoms with Gasteiger partial charge in [0.25, 0.3) is 0 Å². The lowest BCUT2D eigenvalue weighted by atomic mass is 9.86. The second kappa shape index (κ2) is 6.12. The molecular weight excluding hydrogens is 228 g/mol. The minimum Gasteiger partial charge on any atom is -0.362 e. The lowest BCUT2D eigenvalue weighted by molar-refractivity contribution is 0.310. The fourth-order valence-electron chi connectivity index (χ4n) is 2.83. The molecule has 0 spiro atoms. The van der Waals surface area contributed by atoms with Gasteiger partial charge in [-0.05, 0) is 31.1 Å². The van der Waals surface area contributed by atoms with E-state index in [1.165, 1.54) is 37.3 Å². The van der Waals surface area contributed by atoms with E-state index in [2.05, 4.69) is 31.1 Å². The van der Waals surface area contributed by atoms with Gasteiger partial charge in [-0.1, -0.05) is 45.4 Å². The Kier molecular flexibility index (Phi) is 4.78. The van der Waals surface area contributed by atoms with Crippen LogP contribution in [0.3, 0.4) is 0 Å². The SMILES string of the molecule is CC(C)CC1CN=C(NC2CCCCC2C)S1. The van der Waals surface area contributed by atoms with Gasteiger partial charge in [-0.2, -0.15) is 0 Å². The van der Waals surface area contributed by atoms with Gasteiger partial charge < -0.3 is 5.32 Å². The predicted molar refractivity (Wildman–Crippen MR) is 77.7 cm³/mol. The smallest absolute Gasteiger partial charge is 0.157 e. The van der Waals surface area contributed by atoms with E-state index in [1.54, 1.807) is 0 Å². The molecule has 2 nitrogen and oxygen atoms in total. The van der Waals surface area contributed by atoms with Crippen LogP contribution >= 0.6 is 11.8 Å². The molecule has 0 radical (unpaired) electrons. The van der Waals surface area contributed by atoms with Crippen molar-refractivity contribution >= 4 is 16.9 Å². The van der Waals surface area contributed by atoms with Gasteiger partial charge in [0.2, 0.25) is 0 Å². The predicted octanol–water partition coefficient (Wildman–Crippen LogP) is 3.67. The molecule has 1 heterocycles. The van der Waals surface area contributed by atoms with Crippen molar-refractivity contribution in [2.75, 3.05) is 6.54 Å². The van der Waals surface area contributed by atoms with E-state index in [0.29, 0.717) is 6.04 Å². The van der Waals surface area contributed by atoms with E-state index in [1.807, 2.05) is 11.8 Å². The van der Waals surface area contributed by atoms with Gasteiger partial charge >= 0.3 is 0 Å². The van der Waals surface area contributed by atoms with Crippen molar-refractivity contribution in [3.8, 4) is 0 Å². The lowest BCUT2D eigenvalue weighted by Gasteiger charge is -2.30. The summed E-state index contributed by atoms with van der Waals surface area (Å²) in [5, 5.41) is 5.62. The third kappa shape index (κ3) is 3.90. The Morgan fingerprint density at radius 3 is 2.82 bits per heavy atom. The highest BCUT2D eigenvalue weighted by Gasteiger charge is 2.26. The van der Waals surface area contributed by atoms with E-state index in [0.717, 1.165) is 23.6 Å². The number of amidine groups is 1. The van der Waals surface area contributed by atoms with Crippen LogP contribution in [0, 0.1) is 11.8 Å². The molecule has 17 heavy (non-hydrogen) atoms. The quantitative estimate of drug-likeness (QED) is 0.831. The van der Waals surface area contributed by atoms with Crippen molar-refractivity contribution in [2.45, 2.75) is 64.2 Å². The second-order valence-electron chi connectivity index (χ2n) is 6.03. The standard InChI is InChI=1S/C14H26N2S/c1-10(2)8-12-9-15-14(17-12)16-13-7-5-4-6-11(13)3/h10-13H,4-9H2,1-3H3,(H,15,16). The number of rotatable bonds is 3.